The number of aromatic nitrogens is 2. The van der Waals surface area contributed by atoms with Gasteiger partial charge in [0.25, 0.3) is 0 Å². The molecule has 3 heteroatoms. The first-order chi connectivity index (χ1) is 8.84. The maximum Gasteiger partial charge on any atom is 0.144 e. The molecule has 0 aliphatic rings. The summed E-state index contributed by atoms with van der Waals surface area (Å²) in [5, 5.41) is 0. The lowest BCUT2D eigenvalue weighted by atomic mass is 10.2. The van der Waals surface area contributed by atoms with Gasteiger partial charge in [0.1, 0.15) is 5.82 Å². The molecular formula is C15H13N3. The number of rotatable bonds is 2. The summed E-state index contributed by atoms with van der Waals surface area (Å²) in [6, 6.07) is 17.9. The number of imidazole rings is 1. The molecule has 3 aromatic rings. The highest BCUT2D eigenvalue weighted by Gasteiger charge is 2.06. The van der Waals surface area contributed by atoms with Crippen LogP contribution < -0.4 is 5.73 Å². The lowest BCUT2D eigenvalue weighted by molar-refractivity contribution is 1.07. The molecule has 1 heterocycles. The van der Waals surface area contributed by atoms with Crippen LogP contribution in [0, 0.1) is 0 Å². The largest absolute Gasteiger partial charge is 0.399 e. The molecule has 1 aromatic heterocycles. The molecule has 0 saturated heterocycles. The lowest BCUT2D eigenvalue weighted by Crippen LogP contribution is -1.96. The van der Waals surface area contributed by atoms with E-state index in [1.54, 1.807) is 6.20 Å². The fourth-order valence-corrected chi connectivity index (χ4v) is 1.95. The van der Waals surface area contributed by atoms with Crippen LogP contribution >= 0.6 is 0 Å². The van der Waals surface area contributed by atoms with Crippen molar-refractivity contribution in [2.75, 3.05) is 5.73 Å². The number of benzene rings is 2. The molecule has 0 spiro atoms. The minimum Gasteiger partial charge on any atom is -0.399 e. The Labute approximate surface area is 106 Å². The van der Waals surface area contributed by atoms with Gasteiger partial charge in [-0.25, -0.2) is 4.98 Å². The van der Waals surface area contributed by atoms with E-state index in [1.165, 1.54) is 0 Å². The van der Waals surface area contributed by atoms with Gasteiger partial charge in [0.05, 0.1) is 0 Å². The van der Waals surface area contributed by atoms with Gasteiger partial charge < -0.3 is 5.73 Å². The van der Waals surface area contributed by atoms with Gasteiger partial charge >= 0.3 is 0 Å². The summed E-state index contributed by atoms with van der Waals surface area (Å²) < 4.78 is 2.05. The molecule has 3 rings (SSSR count). The van der Waals surface area contributed by atoms with Crippen LogP contribution in [-0.2, 0) is 0 Å². The average molecular weight is 235 g/mol. The average Bonchev–Trinajstić information content (AvgIpc) is 2.90. The fraction of sp³-hybridized carbons (Fsp3) is 0. The van der Waals surface area contributed by atoms with E-state index in [4.69, 9.17) is 5.73 Å². The molecule has 88 valence electrons. The molecule has 0 unspecified atom stereocenters. The Morgan fingerprint density at radius 1 is 0.889 bits per heavy atom. The Balaban J connectivity index is 2.10. The van der Waals surface area contributed by atoms with Crippen LogP contribution in [0.15, 0.2) is 67.0 Å². The molecule has 0 aliphatic heterocycles. The smallest absolute Gasteiger partial charge is 0.144 e. The summed E-state index contributed by atoms with van der Waals surface area (Å²) in [5.41, 5.74) is 8.62. The predicted octanol–water partition coefficient (Wildman–Crippen LogP) is 3.12. The van der Waals surface area contributed by atoms with Crippen LogP contribution in [-0.4, -0.2) is 9.55 Å². The topological polar surface area (TPSA) is 43.8 Å². The van der Waals surface area contributed by atoms with E-state index in [2.05, 4.69) is 21.7 Å². The molecule has 0 aliphatic carbocycles. The Bertz CT molecular complexity index is 639. The van der Waals surface area contributed by atoms with Crippen molar-refractivity contribution in [2.24, 2.45) is 0 Å². The summed E-state index contributed by atoms with van der Waals surface area (Å²) in [7, 11) is 0. The highest BCUT2D eigenvalue weighted by atomic mass is 15.1. The molecule has 0 amide bonds. The van der Waals surface area contributed by atoms with E-state index in [9.17, 15) is 0 Å². The third-order valence-electron chi connectivity index (χ3n) is 2.84. The van der Waals surface area contributed by atoms with Crippen LogP contribution in [0.25, 0.3) is 17.1 Å². The van der Waals surface area contributed by atoms with Crippen LogP contribution in [0.1, 0.15) is 0 Å². The van der Waals surface area contributed by atoms with Crippen LogP contribution in [0.5, 0.6) is 0 Å². The number of hydrogen-bond acceptors (Lipinski definition) is 2. The van der Waals surface area contributed by atoms with Gasteiger partial charge in [-0.2, -0.15) is 0 Å². The summed E-state index contributed by atoms with van der Waals surface area (Å²) in [5.74, 6) is 0.931. The minimum absolute atomic E-state index is 0.764. The Kier molecular flexibility index (Phi) is 2.57. The zero-order valence-electron chi connectivity index (χ0n) is 9.82. The van der Waals surface area contributed by atoms with Gasteiger partial charge in [-0.05, 0) is 24.3 Å². The van der Waals surface area contributed by atoms with Crippen molar-refractivity contribution >= 4 is 5.69 Å². The fourth-order valence-electron chi connectivity index (χ4n) is 1.95. The van der Waals surface area contributed by atoms with E-state index in [0.29, 0.717) is 0 Å². The second-order valence-electron chi connectivity index (χ2n) is 4.08. The number of nitrogens with two attached hydrogens (primary N) is 1. The second kappa shape index (κ2) is 4.37. The first-order valence-corrected chi connectivity index (χ1v) is 5.79. The predicted molar refractivity (Wildman–Crippen MR) is 73.4 cm³/mol. The van der Waals surface area contributed by atoms with Gasteiger partial charge in [0.2, 0.25) is 0 Å². The first kappa shape index (κ1) is 10.6. The first-order valence-electron chi connectivity index (χ1n) is 5.79. The van der Waals surface area contributed by atoms with E-state index in [-0.39, 0.29) is 0 Å². The summed E-state index contributed by atoms with van der Waals surface area (Å²) in [4.78, 5) is 4.42. The van der Waals surface area contributed by atoms with Crippen LogP contribution in [0.4, 0.5) is 5.69 Å². The molecule has 3 nitrogen and oxygen atoms in total. The Morgan fingerprint density at radius 2 is 1.61 bits per heavy atom. The molecule has 0 radical (unpaired) electrons. The molecule has 2 aromatic carbocycles. The number of anilines is 1. The third kappa shape index (κ3) is 1.86. The second-order valence-corrected chi connectivity index (χ2v) is 4.08. The van der Waals surface area contributed by atoms with Crippen molar-refractivity contribution in [3.63, 3.8) is 0 Å². The van der Waals surface area contributed by atoms with Crippen molar-refractivity contribution in [1.82, 2.24) is 9.55 Å². The maximum atomic E-state index is 5.70. The normalized spacial score (nSPS) is 10.4. The highest BCUT2D eigenvalue weighted by Crippen LogP contribution is 2.21. The van der Waals surface area contributed by atoms with Gasteiger partial charge in [-0.3, -0.25) is 4.57 Å². The van der Waals surface area contributed by atoms with Crippen molar-refractivity contribution in [1.29, 1.82) is 0 Å². The van der Waals surface area contributed by atoms with E-state index >= 15 is 0 Å². The van der Waals surface area contributed by atoms with Crippen molar-refractivity contribution in [3.8, 4) is 17.1 Å². The van der Waals surface area contributed by atoms with Gasteiger partial charge in [-0.1, -0.05) is 30.3 Å². The standard InChI is InChI=1S/C15H13N3/c16-13-6-8-14(9-7-13)18-11-10-17-15(18)12-4-2-1-3-5-12/h1-11H,16H2. The lowest BCUT2D eigenvalue weighted by Gasteiger charge is -2.08. The molecule has 0 bridgehead atoms. The summed E-state index contributed by atoms with van der Waals surface area (Å²) >= 11 is 0. The SMILES string of the molecule is Nc1ccc(-n2ccnc2-c2ccccc2)cc1. The van der Waals surface area contributed by atoms with Crippen LogP contribution in [0.2, 0.25) is 0 Å². The molecule has 18 heavy (non-hydrogen) atoms. The molecule has 2 N–H and O–H groups in total. The summed E-state index contributed by atoms with van der Waals surface area (Å²) in [6.45, 7) is 0. The molecular weight excluding hydrogens is 222 g/mol. The molecule has 0 fully saturated rings. The Morgan fingerprint density at radius 3 is 2.33 bits per heavy atom. The number of hydrogen-bond donors (Lipinski definition) is 1. The molecule has 0 saturated carbocycles. The summed E-state index contributed by atoms with van der Waals surface area (Å²) in [6.07, 6.45) is 3.76. The number of nitrogens with zero attached hydrogens (tertiary/aromatic N) is 2. The third-order valence-corrected chi connectivity index (χ3v) is 2.84. The van der Waals surface area contributed by atoms with Crippen molar-refractivity contribution in [2.45, 2.75) is 0 Å². The van der Waals surface area contributed by atoms with Gasteiger partial charge in [-0.15, -0.1) is 0 Å². The van der Waals surface area contributed by atoms with E-state index in [1.807, 2.05) is 48.7 Å². The number of nitrogen functional groups attached to an aromatic ring is 1. The zero-order chi connectivity index (χ0) is 12.4. The van der Waals surface area contributed by atoms with Crippen molar-refractivity contribution < 1.29 is 0 Å². The quantitative estimate of drug-likeness (QED) is 0.693. The zero-order valence-corrected chi connectivity index (χ0v) is 9.82. The highest BCUT2D eigenvalue weighted by molar-refractivity contribution is 5.59. The van der Waals surface area contributed by atoms with Crippen molar-refractivity contribution in [3.05, 3.63) is 67.0 Å². The molecule has 0 atom stereocenters. The maximum absolute atomic E-state index is 5.70. The van der Waals surface area contributed by atoms with E-state index < -0.39 is 0 Å². The van der Waals surface area contributed by atoms with Crippen LogP contribution in [0.3, 0.4) is 0 Å². The van der Waals surface area contributed by atoms with Gasteiger partial charge in [0, 0.05) is 29.3 Å². The minimum atomic E-state index is 0.764. The Hall–Kier alpha value is -2.55. The monoisotopic (exact) mass is 235 g/mol. The van der Waals surface area contributed by atoms with E-state index in [0.717, 1.165) is 22.8 Å². The van der Waals surface area contributed by atoms with Gasteiger partial charge in [0.15, 0.2) is 0 Å².